The first-order valence-electron chi connectivity index (χ1n) is 8.78. The SMILES string of the molecule is Cc1cc2oc(=O)cc(COC(=O)/C(C#N)=C/c3ccco3)c2cc1C(C)C. The second kappa shape index (κ2) is 7.97. The first-order valence-corrected chi connectivity index (χ1v) is 8.78. The van der Waals surface area contributed by atoms with Gasteiger partial charge in [-0.15, -0.1) is 0 Å². The van der Waals surface area contributed by atoms with Crippen molar-refractivity contribution < 1.29 is 18.4 Å². The number of benzene rings is 1. The van der Waals surface area contributed by atoms with Crippen LogP contribution in [0.5, 0.6) is 0 Å². The Morgan fingerprint density at radius 1 is 1.32 bits per heavy atom. The molecule has 0 N–H and O–H groups in total. The standard InChI is InChI=1S/C22H19NO5/c1-13(2)18-10-19-16(9-21(24)28-20(19)7-14(18)3)12-27-22(25)15(11-23)8-17-5-4-6-26-17/h4-10,13H,12H2,1-3H3/b15-8+. The molecule has 0 spiro atoms. The lowest BCUT2D eigenvalue weighted by molar-refractivity contribution is -0.139. The third kappa shape index (κ3) is 4.04. The summed E-state index contributed by atoms with van der Waals surface area (Å²) in [7, 11) is 0. The van der Waals surface area contributed by atoms with Gasteiger partial charge in [-0.05, 0) is 48.2 Å². The second-order valence-electron chi connectivity index (χ2n) is 6.71. The van der Waals surface area contributed by atoms with E-state index in [9.17, 15) is 14.9 Å². The Balaban J connectivity index is 1.91. The van der Waals surface area contributed by atoms with Crippen molar-refractivity contribution >= 4 is 23.0 Å². The molecule has 0 aliphatic heterocycles. The largest absolute Gasteiger partial charge is 0.465 e. The molecule has 1 aromatic carbocycles. The highest BCUT2D eigenvalue weighted by Crippen LogP contribution is 2.27. The fraction of sp³-hybridized carbons (Fsp3) is 0.227. The quantitative estimate of drug-likeness (QED) is 0.282. The Bertz CT molecular complexity index is 1140. The Morgan fingerprint density at radius 2 is 2.11 bits per heavy atom. The molecule has 3 rings (SSSR count). The summed E-state index contributed by atoms with van der Waals surface area (Å²) in [6.45, 7) is 5.95. The summed E-state index contributed by atoms with van der Waals surface area (Å²) in [6, 6.07) is 10.1. The number of esters is 1. The van der Waals surface area contributed by atoms with Gasteiger partial charge < -0.3 is 13.6 Å². The molecule has 142 valence electrons. The summed E-state index contributed by atoms with van der Waals surface area (Å²) in [5, 5.41) is 9.91. The molecule has 28 heavy (non-hydrogen) atoms. The van der Waals surface area contributed by atoms with E-state index in [-0.39, 0.29) is 18.1 Å². The van der Waals surface area contributed by atoms with Gasteiger partial charge in [0, 0.05) is 23.1 Å². The zero-order valence-electron chi connectivity index (χ0n) is 15.8. The van der Waals surface area contributed by atoms with Crippen LogP contribution in [-0.4, -0.2) is 5.97 Å². The molecule has 0 aliphatic rings. The molecule has 0 aliphatic carbocycles. The minimum absolute atomic E-state index is 0.154. The van der Waals surface area contributed by atoms with Crippen molar-refractivity contribution in [1.82, 2.24) is 0 Å². The molecule has 0 saturated carbocycles. The van der Waals surface area contributed by atoms with Gasteiger partial charge in [-0.3, -0.25) is 0 Å². The highest BCUT2D eigenvalue weighted by atomic mass is 16.5. The number of carbonyl (C=O) groups is 1. The number of fused-ring (bicyclic) bond motifs is 1. The van der Waals surface area contributed by atoms with E-state index in [1.54, 1.807) is 18.2 Å². The van der Waals surface area contributed by atoms with Gasteiger partial charge >= 0.3 is 11.6 Å². The van der Waals surface area contributed by atoms with Crippen molar-refractivity contribution in [1.29, 1.82) is 5.26 Å². The number of nitrogens with zero attached hydrogens (tertiary/aromatic N) is 1. The number of furan rings is 1. The van der Waals surface area contributed by atoms with E-state index in [0.717, 1.165) is 11.1 Å². The normalized spacial score (nSPS) is 11.6. The monoisotopic (exact) mass is 377 g/mol. The molecule has 6 heteroatoms. The lowest BCUT2D eigenvalue weighted by Crippen LogP contribution is -2.09. The molecule has 0 amide bonds. The molecule has 0 radical (unpaired) electrons. The van der Waals surface area contributed by atoms with Gasteiger partial charge in [-0.1, -0.05) is 13.8 Å². The minimum Gasteiger partial charge on any atom is -0.465 e. The zero-order chi connectivity index (χ0) is 20.3. The van der Waals surface area contributed by atoms with Gasteiger partial charge in [-0.2, -0.15) is 5.26 Å². The lowest BCUT2D eigenvalue weighted by Gasteiger charge is -2.13. The van der Waals surface area contributed by atoms with E-state index in [0.29, 0.717) is 22.3 Å². The summed E-state index contributed by atoms with van der Waals surface area (Å²) >= 11 is 0. The fourth-order valence-corrected chi connectivity index (χ4v) is 3.01. The number of aryl methyl sites for hydroxylation is 1. The van der Waals surface area contributed by atoms with Crippen LogP contribution in [0.4, 0.5) is 0 Å². The van der Waals surface area contributed by atoms with Crippen LogP contribution in [0.3, 0.4) is 0 Å². The number of carbonyl (C=O) groups excluding carboxylic acids is 1. The molecule has 0 bridgehead atoms. The van der Waals surface area contributed by atoms with Crippen molar-refractivity contribution in [3.8, 4) is 6.07 Å². The van der Waals surface area contributed by atoms with Gasteiger partial charge in [0.1, 0.15) is 29.6 Å². The molecule has 2 aromatic heterocycles. The minimum atomic E-state index is -0.795. The number of nitriles is 1. The molecule has 0 atom stereocenters. The number of hydrogen-bond donors (Lipinski definition) is 0. The van der Waals surface area contributed by atoms with Crippen LogP contribution in [0.15, 0.2) is 55.8 Å². The molecule has 0 fully saturated rings. The Morgan fingerprint density at radius 3 is 2.75 bits per heavy atom. The average Bonchev–Trinajstić information content (AvgIpc) is 3.16. The number of ether oxygens (including phenoxy) is 1. The van der Waals surface area contributed by atoms with Crippen LogP contribution in [-0.2, 0) is 16.1 Å². The van der Waals surface area contributed by atoms with E-state index < -0.39 is 11.6 Å². The third-order valence-corrected chi connectivity index (χ3v) is 4.37. The van der Waals surface area contributed by atoms with Crippen LogP contribution in [0, 0.1) is 18.3 Å². The lowest BCUT2D eigenvalue weighted by atomic mass is 9.95. The van der Waals surface area contributed by atoms with Crippen LogP contribution in [0.1, 0.15) is 42.2 Å². The Labute approximate surface area is 161 Å². The van der Waals surface area contributed by atoms with Gasteiger partial charge in [0.15, 0.2) is 0 Å². The predicted molar refractivity (Wildman–Crippen MR) is 103 cm³/mol. The third-order valence-electron chi connectivity index (χ3n) is 4.37. The molecule has 6 nitrogen and oxygen atoms in total. The average molecular weight is 377 g/mol. The maximum Gasteiger partial charge on any atom is 0.349 e. The van der Waals surface area contributed by atoms with Crippen LogP contribution in [0.2, 0.25) is 0 Å². The first-order chi connectivity index (χ1) is 13.4. The highest BCUT2D eigenvalue weighted by molar-refractivity contribution is 5.97. The summed E-state index contributed by atoms with van der Waals surface area (Å²) in [4.78, 5) is 24.2. The molecule has 0 unspecified atom stereocenters. The molecular formula is C22H19NO5. The summed E-state index contributed by atoms with van der Waals surface area (Å²) < 4.78 is 15.7. The molecule has 3 aromatic rings. The Kier molecular flexibility index (Phi) is 5.46. The van der Waals surface area contributed by atoms with Crippen LogP contribution < -0.4 is 5.63 Å². The molecular weight excluding hydrogens is 358 g/mol. The summed E-state index contributed by atoms with van der Waals surface area (Å²) in [5.74, 6) is -0.138. The van der Waals surface area contributed by atoms with Crippen molar-refractivity contribution in [2.45, 2.75) is 33.3 Å². The molecule has 2 heterocycles. The number of hydrogen-bond acceptors (Lipinski definition) is 6. The van der Waals surface area contributed by atoms with Crippen LogP contribution in [0.25, 0.3) is 17.0 Å². The maximum atomic E-state index is 12.3. The number of rotatable bonds is 5. The van der Waals surface area contributed by atoms with Crippen LogP contribution >= 0.6 is 0 Å². The van der Waals surface area contributed by atoms with Gasteiger partial charge in [0.25, 0.3) is 0 Å². The highest BCUT2D eigenvalue weighted by Gasteiger charge is 2.15. The van der Waals surface area contributed by atoms with E-state index in [2.05, 4.69) is 13.8 Å². The second-order valence-corrected chi connectivity index (χ2v) is 6.71. The summed E-state index contributed by atoms with van der Waals surface area (Å²) in [5.41, 5.74) is 2.38. The van der Waals surface area contributed by atoms with E-state index >= 15 is 0 Å². The van der Waals surface area contributed by atoms with Crippen molar-refractivity contribution in [2.24, 2.45) is 0 Å². The van der Waals surface area contributed by atoms with Crippen molar-refractivity contribution in [2.75, 3.05) is 0 Å². The maximum absolute atomic E-state index is 12.3. The van der Waals surface area contributed by atoms with Crippen molar-refractivity contribution in [3.05, 3.63) is 75.0 Å². The van der Waals surface area contributed by atoms with Gasteiger partial charge in [0.2, 0.25) is 0 Å². The van der Waals surface area contributed by atoms with Crippen molar-refractivity contribution in [3.63, 3.8) is 0 Å². The zero-order valence-corrected chi connectivity index (χ0v) is 15.8. The first kappa shape index (κ1) is 19.2. The van der Waals surface area contributed by atoms with E-state index in [1.165, 1.54) is 18.4 Å². The molecule has 0 saturated heterocycles. The smallest absolute Gasteiger partial charge is 0.349 e. The topological polar surface area (TPSA) is 93.4 Å². The van der Waals surface area contributed by atoms with E-state index in [4.69, 9.17) is 13.6 Å². The Hall–Kier alpha value is -3.59. The van der Waals surface area contributed by atoms with Gasteiger partial charge in [0.05, 0.1) is 6.26 Å². The fourth-order valence-electron chi connectivity index (χ4n) is 3.01. The van der Waals surface area contributed by atoms with E-state index in [1.807, 2.05) is 19.1 Å². The van der Waals surface area contributed by atoms with Gasteiger partial charge in [-0.25, -0.2) is 9.59 Å². The predicted octanol–water partition coefficient (Wildman–Crippen LogP) is 4.47. The summed E-state index contributed by atoms with van der Waals surface area (Å²) in [6.07, 6.45) is 2.75.